The molecule has 1 aromatic rings. The lowest BCUT2D eigenvalue weighted by atomic mass is 10.00. The molecule has 1 heterocycles. The molecule has 1 fully saturated rings. The largest absolute Gasteiger partial charge is 0.312 e. The highest BCUT2D eigenvalue weighted by Gasteiger charge is 2.24. The Bertz CT molecular complexity index is 467. The standard InChI is InChI=1S/C13H20N2O2S/c1-11(13-9-5-6-10-14-13)15-18(16,17)12-7-3-2-4-8-12/h2-4,7-8,11,13-15H,5-6,9-10H2,1H3. The number of piperidine rings is 1. The van der Waals surface area contributed by atoms with Crippen molar-refractivity contribution in [3.05, 3.63) is 30.3 Å². The van der Waals surface area contributed by atoms with Crippen LogP contribution in [0.15, 0.2) is 35.2 Å². The number of nitrogens with one attached hydrogen (secondary N) is 2. The maximum atomic E-state index is 12.1. The molecular formula is C13H20N2O2S. The molecule has 0 amide bonds. The van der Waals surface area contributed by atoms with Crippen LogP contribution in [0.5, 0.6) is 0 Å². The molecule has 0 aromatic heterocycles. The van der Waals surface area contributed by atoms with E-state index in [1.807, 2.05) is 13.0 Å². The molecule has 4 nitrogen and oxygen atoms in total. The van der Waals surface area contributed by atoms with E-state index in [1.54, 1.807) is 24.3 Å². The predicted octanol–water partition coefficient (Wildman–Crippen LogP) is 1.50. The summed E-state index contributed by atoms with van der Waals surface area (Å²) >= 11 is 0. The lowest BCUT2D eigenvalue weighted by Gasteiger charge is -2.29. The second kappa shape index (κ2) is 5.82. The Hall–Kier alpha value is -0.910. The van der Waals surface area contributed by atoms with E-state index in [0.29, 0.717) is 4.90 Å². The van der Waals surface area contributed by atoms with Gasteiger partial charge in [-0.1, -0.05) is 24.6 Å². The Morgan fingerprint density at radius 1 is 1.28 bits per heavy atom. The van der Waals surface area contributed by atoms with Gasteiger partial charge in [-0.15, -0.1) is 0 Å². The highest BCUT2D eigenvalue weighted by Crippen LogP contribution is 2.13. The smallest absolute Gasteiger partial charge is 0.240 e. The molecule has 0 spiro atoms. The molecule has 0 saturated carbocycles. The van der Waals surface area contributed by atoms with Gasteiger partial charge in [0, 0.05) is 12.1 Å². The first-order valence-electron chi connectivity index (χ1n) is 6.40. The second-order valence-corrected chi connectivity index (χ2v) is 6.49. The monoisotopic (exact) mass is 268 g/mol. The third kappa shape index (κ3) is 3.31. The first-order chi connectivity index (χ1) is 8.59. The van der Waals surface area contributed by atoms with Gasteiger partial charge in [0.25, 0.3) is 0 Å². The Morgan fingerprint density at radius 3 is 2.61 bits per heavy atom. The number of benzene rings is 1. The van der Waals surface area contributed by atoms with Crippen LogP contribution in [0.4, 0.5) is 0 Å². The molecule has 1 aliphatic rings. The minimum absolute atomic E-state index is 0.0875. The average Bonchev–Trinajstić information content (AvgIpc) is 2.40. The lowest BCUT2D eigenvalue weighted by Crippen LogP contribution is -2.50. The molecule has 1 aliphatic heterocycles. The minimum atomic E-state index is -3.40. The fraction of sp³-hybridized carbons (Fsp3) is 0.538. The third-order valence-electron chi connectivity index (χ3n) is 3.35. The average molecular weight is 268 g/mol. The van der Waals surface area contributed by atoms with E-state index in [0.717, 1.165) is 19.4 Å². The van der Waals surface area contributed by atoms with Crippen molar-refractivity contribution in [3.8, 4) is 0 Å². The van der Waals surface area contributed by atoms with Gasteiger partial charge in [0.1, 0.15) is 0 Å². The van der Waals surface area contributed by atoms with Gasteiger partial charge >= 0.3 is 0 Å². The van der Waals surface area contributed by atoms with Gasteiger partial charge in [-0.2, -0.15) is 0 Å². The van der Waals surface area contributed by atoms with Gasteiger partial charge in [-0.05, 0) is 38.4 Å². The quantitative estimate of drug-likeness (QED) is 0.870. The molecule has 2 rings (SSSR count). The van der Waals surface area contributed by atoms with Gasteiger partial charge in [-0.3, -0.25) is 0 Å². The molecule has 18 heavy (non-hydrogen) atoms. The molecule has 1 aromatic carbocycles. The van der Waals surface area contributed by atoms with Crippen LogP contribution in [0.3, 0.4) is 0 Å². The van der Waals surface area contributed by atoms with Crippen LogP contribution >= 0.6 is 0 Å². The number of sulfonamides is 1. The van der Waals surface area contributed by atoms with Crippen molar-refractivity contribution in [1.82, 2.24) is 10.0 Å². The van der Waals surface area contributed by atoms with Crippen LogP contribution in [0.2, 0.25) is 0 Å². The van der Waals surface area contributed by atoms with Gasteiger partial charge in [0.15, 0.2) is 0 Å². The molecule has 1 saturated heterocycles. The molecular weight excluding hydrogens is 248 g/mol. The van der Waals surface area contributed by atoms with E-state index in [-0.39, 0.29) is 12.1 Å². The van der Waals surface area contributed by atoms with Crippen LogP contribution in [-0.4, -0.2) is 27.0 Å². The number of hydrogen-bond donors (Lipinski definition) is 2. The fourth-order valence-electron chi connectivity index (χ4n) is 2.30. The molecule has 2 N–H and O–H groups in total. The summed E-state index contributed by atoms with van der Waals surface area (Å²) in [6.45, 7) is 2.89. The zero-order chi connectivity index (χ0) is 13.0. The molecule has 100 valence electrons. The number of hydrogen-bond acceptors (Lipinski definition) is 3. The summed E-state index contributed by atoms with van der Waals surface area (Å²) in [5.41, 5.74) is 0. The summed E-state index contributed by atoms with van der Waals surface area (Å²) in [4.78, 5) is 0.327. The minimum Gasteiger partial charge on any atom is -0.312 e. The third-order valence-corrected chi connectivity index (χ3v) is 4.92. The molecule has 0 radical (unpaired) electrons. The van der Waals surface area contributed by atoms with Crippen molar-refractivity contribution in [2.45, 2.75) is 43.2 Å². The molecule has 0 bridgehead atoms. The highest BCUT2D eigenvalue weighted by atomic mass is 32.2. The van der Waals surface area contributed by atoms with Crippen molar-refractivity contribution in [2.24, 2.45) is 0 Å². The molecule has 0 aliphatic carbocycles. The first kappa shape index (κ1) is 13.5. The summed E-state index contributed by atoms with van der Waals surface area (Å²) in [6.07, 6.45) is 3.36. The van der Waals surface area contributed by atoms with Crippen LogP contribution in [0, 0.1) is 0 Å². The Balaban J connectivity index is 2.04. The van der Waals surface area contributed by atoms with Crippen LogP contribution in [0.25, 0.3) is 0 Å². The maximum Gasteiger partial charge on any atom is 0.240 e. The summed E-state index contributed by atoms with van der Waals surface area (Å²) in [7, 11) is -3.40. The fourth-order valence-corrected chi connectivity index (χ4v) is 3.61. The van der Waals surface area contributed by atoms with E-state index in [1.165, 1.54) is 6.42 Å². The van der Waals surface area contributed by atoms with Crippen LogP contribution in [0.1, 0.15) is 26.2 Å². The van der Waals surface area contributed by atoms with Crippen molar-refractivity contribution in [2.75, 3.05) is 6.54 Å². The summed E-state index contributed by atoms with van der Waals surface area (Å²) < 4.78 is 27.0. The van der Waals surface area contributed by atoms with E-state index < -0.39 is 10.0 Å². The predicted molar refractivity (Wildman–Crippen MR) is 71.9 cm³/mol. The highest BCUT2D eigenvalue weighted by molar-refractivity contribution is 7.89. The van der Waals surface area contributed by atoms with E-state index in [2.05, 4.69) is 10.0 Å². The lowest BCUT2D eigenvalue weighted by molar-refractivity contribution is 0.347. The van der Waals surface area contributed by atoms with Crippen molar-refractivity contribution in [1.29, 1.82) is 0 Å². The van der Waals surface area contributed by atoms with Crippen LogP contribution < -0.4 is 10.0 Å². The molecule has 2 unspecified atom stereocenters. The van der Waals surface area contributed by atoms with Crippen molar-refractivity contribution >= 4 is 10.0 Å². The van der Waals surface area contributed by atoms with Crippen molar-refractivity contribution in [3.63, 3.8) is 0 Å². The molecule has 2 atom stereocenters. The van der Waals surface area contributed by atoms with Gasteiger partial charge in [-0.25, -0.2) is 13.1 Å². The van der Waals surface area contributed by atoms with Gasteiger partial charge < -0.3 is 5.32 Å². The maximum absolute atomic E-state index is 12.1. The van der Waals surface area contributed by atoms with Gasteiger partial charge in [0.05, 0.1) is 4.90 Å². The van der Waals surface area contributed by atoms with E-state index in [4.69, 9.17) is 0 Å². The van der Waals surface area contributed by atoms with Crippen molar-refractivity contribution < 1.29 is 8.42 Å². The summed E-state index contributed by atoms with van der Waals surface area (Å²) in [5.74, 6) is 0. The van der Waals surface area contributed by atoms with Crippen LogP contribution in [-0.2, 0) is 10.0 Å². The number of rotatable bonds is 4. The Morgan fingerprint density at radius 2 is 2.00 bits per heavy atom. The topological polar surface area (TPSA) is 58.2 Å². The molecule has 5 heteroatoms. The van der Waals surface area contributed by atoms with E-state index >= 15 is 0 Å². The zero-order valence-corrected chi connectivity index (χ0v) is 11.4. The second-order valence-electron chi connectivity index (χ2n) is 4.78. The normalized spacial score (nSPS) is 22.6. The van der Waals surface area contributed by atoms with Gasteiger partial charge in [0.2, 0.25) is 10.0 Å². The Kier molecular flexibility index (Phi) is 4.37. The van der Waals surface area contributed by atoms with E-state index in [9.17, 15) is 8.42 Å². The SMILES string of the molecule is CC(NS(=O)(=O)c1ccccc1)C1CCCCN1. The Labute approximate surface area is 109 Å². The zero-order valence-electron chi connectivity index (χ0n) is 10.6. The first-order valence-corrected chi connectivity index (χ1v) is 7.89. The summed E-state index contributed by atoms with van der Waals surface area (Å²) in [6, 6.07) is 8.65. The summed E-state index contributed by atoms with van der Waals surface area (Å²) in [5, 5.41) is 3.37.